The zero-order chi connectivity index (χ0) is 15.3. The summed E-state index contributed by atoms with van der Waals surface area (Å²) in [7, 11) is -1.99. The number of hydrogen-bond acceptors (Lipinski definition) is 5. The quantitative estimate of drug-likeness (QED) is 0.300. The summed E-state index contributed by atoms with van der Waals surface area (Å²) < 4.78 is 9.73. The Morgan fingerprint density at radius 3 is 2.32 bits per heavy atom. The summed E-state index contributed by atoms with van der Waals surface area (Å²) >= 11 is 0. The van der Waals surface area contributed by atoms with E-state index < -0.39 is 21.2 Å². The molecule has 0 aliphatic rings. The number of aliphatic carboxylic acids is 1. The first kappa shape index (κ1) is 19.9. The van der Waals surface area contributed by atoms with E-state index >= 15 is 0 Å². The standard InChI is InChI=1S/C8H16O4Si.C4H6O2/c1-3-8(9)11-6-5-7-13(10)12-4-2;1-3(2)4(5)6/h3,10,13H,1,4-7H2,2H3;1H2,2H3,(H,5,6). The van der Waals surface area contributed by atoms with Gasteiger partial charge in [-0.2, -0.15) is 0 Å². The maximum absolute atomic E-state index is 10.6. The molecule has 0 radical (unpaired) electrons. The average Bonchev–Trinajstić information content (AvgIpc) is 2.35. The Morgan fingerprint density at radius 2 is 1.95 bits per heavy atom. The number of carboxylic acids is 1. The molecule has 7 heteroatoms. The topological polar surface area (TPSA) is 93.1 Å². The van der Waals surface area contributed by atoms with Crippen LogP contribution >= 0.6 is 0 Å². The highest BCUT2D eigenvalue weighted by Gasteiger charge is 2.06. The summed E-state index contributed by atoms with van der Waals surface area (Å²) in [5, 5.41) is 7.89. The van der Waals surface area contributed by atoms with Gasteiger partial charge in [0.05, 0.1) is 6.61 Å². The van der Waals surface area contributed by atoms with Crippen LogP contribution in [0.25, 0.3) is 0 Å². The Balaban J connectivity index is 0. The molecule has 0 bridgehead atoms. The smallest absolute Gasteiger partial charge is 0.330 e. The van der Waals surface area contributed by atoms with Crippen molar-refractivity contribution in [1.82, 2.24) is 0 Å². The molecule has 0 aromatic carbocycles. The second-order valence-corrected chi connectivity index (χ2v) is 5.33. The van der Waals surface area contributed by atoms with E-state index in [9.17, 15) is 14.4 Å². The maximum atomic E-state index is 10.6. The van der Waals surface area contributed by atoms with Crippen molar-refractivity contribution in [3.63, 3.8) is 0 Å². The van der Waals surface area contributed by atoms with Crippen LogP contribution < -0.4 is 0 Å². The van der Waals surface area contributed by atoms with E-state index in [1.165, 1.54) is 6.92 Å². The van der Waals surface area contributed by atoms with Crippen LogP contribution in [0.3, 0.4) is 0 Å². The average molecular weight is 290 g/mol. The Labute approximate surface area is 115 Å². The molecule has 2 N–H and O–H groups in total. The molecule has 0 aliphatic heterocycles. The number of hydrogen-bond donors (Lipinski definition) is 2. The van der Waals surface area contributed by atoms with Crippen LogP contribution in [0.2, 0.25) is 6.04 Å². The molecule has 0 heterocycles. The number of carbonyl (C=O) groups is 2. The monoisotopic (exact) mass is 290 g/mol. The first-order valence-corrected chi connectivity index (χ1v) is 7.63. The Bertz CT molecular complexity index is 291. The number of carboxylic acid groups (broad SMARTS) is 1. The van der Waals surface area contributed by atoms with Gasteiger partial charge in [0.2, 0.25) is 0 Å². The van der Waals surface area contributed by atoms with Gasteiger partial charge in [0.15, 0.2) is 0 Å². The second kappa shape index (κ2) is 13.0. The van der Waals surface area contributed by atoms with Gasteiger partial charge in [0.1, 0.15) is 0 Å². The van der Waals surface area contributed by atoms with Gasteiger partial charge in [-0.1, -0.05) is 13.2 Å². The van der Waals surface area contributed by atoms with Crippen LogP contribution in [-0.2, 0) is 18.8 Å². The molecule has 6 nitrogen and oxygen atoms in total. The van der Waals surface area contributed by atoms with Gasteiger partial charge in [-0.15, -0.1) is 0 Å². The summed E-state index contributed by atoms with van der Waals surface area (Å²) in [4.78, 5) is 29.4. The van der Waals surface area contributed by atoms with Gasteiger partial charge in [0, 0.05) is 18.3 Å². The molecule has 1 atom stereocenters. The van der Waals surface area contributed by atoms with Gasteiger partial charge in [-0.05, 0) is 26.3 Å². The zero-order valence-corrected chi connectivity index (χ0v) is 12.6. The van der Waals surface area contributed by atoms with E-state index in [4.69, 9.17) is 14.3 Å². The van der Waals surface area contributed by atoms with Crippen molar-refractivity contribution in [3.05, 3.63) is 24.8 Å². The van der Waals surface area contributed by atoms with Crippen molar-refractivity contribution in [2.75, 3.05) is 13.2 Å². The maximum Gasteiger partial charge on any atom is 0.330 e. The molecule has 0 spiro atoms. The van der Waals surface area contributed by atoms with Gasteiger partial charge in [-0.3, -0.25) is 0 Å². The van der Waals surface area contributed by atoms with Gasteiger partial charge in [0.25, 0.3) is 0 Å². The highest BCUT2D eigenvalue weighted by Crippen LogP contribution is 1.97. The summed E-state index contributed by atoms with van der Waals surface area (Å²) in [6, 6.07) is 0.609. The molecular weight excluding hydrogens is 268 g/mol. The number of ether oxygens (including phenoxy) is 1. The third-order valence-electron chi connectivity index (χ3n) is 1.73. The number of carbonyl (C=O) groups excluding carboxylic acids is 1. The summed E-state index contributed by atoms with van der Waals surface area (Å²) in [5.74, 6) is -1.36. The van der Waals surface area contributed by atoms with E-state index in [2.05, 4.69) is 13.2 Å². The van der Waals surface area contributed by atoms with Crippen molar-refractivity contribution in [3.8, 4) is 0 Å². The molecule has 110 valence electrons. The lowest BCUT2D eigenvalue weighted by Crippen LogP contribution is -2.18. The minimum absolute atomic E-state index is 0.176. The Morgan fingerprint density at radius 1 is 1.42 bits per heavy atom. The molecule has 0 fully saturated rings. The fourth-order valence-electron chi connectivity index (χ4n) is 0.765. The van der Waals surface area contributed by atoms with Gasteiger partial charge < -0.3 is 19.1 Å². The predicted molar refractivity (Wildman–Crippen MR) is 74.0 cm³/mol. The number of esters is 1. The summed E-state index contributed by atoms with van der Waals surface area (Å²) in [6.45, 7) is 10.6. The van der Waals surface area contributed by atoms with E-state index in [1.54, 1.807) is 0 Å². The first-order valence-electron chi connectivity index (χ1n) is 5.82. The SMILES string of the molecule is C=C(C)C(=O)O.C=CC(=O)OCCC[SiH](O)OCC. The lowest BCUT2D eigenvalue weighted by atomic mass is 10.4. The Kier molecular flexibility index (Phi) is 13.6. The molecule has 1 unspecified atom stereocenters. The predicted octanol–water partition coefficient (Wildman–Crippen LogP) is 1.00. The molecule has 0 aliphatic carbocycles. The molecule has 0 aromatic heterocycles. The third kappa shape index (κ3) is 16.6. The lowest BCUT2D eigenvalue weighted by Gasteiger charge is -2.07. The van der Waals surface area contributed by atoms with Crippen LogP contribution in [0.4, 0.5) is 0 Å². The number of rotatable bonds is 8. The largest absolute Gasteiger partial charge is 0.478 e. The minimum atomic E-state index is -1.99. The van der Waals surface area contributed by atoms with Crippen molar-refractivity contribution in [2.45, 2.75) is 26.3 Å². The van der Waals surface area contributed by atoms with Crippen LogP contribution in [0.5, 0.6) is 0 Å². The van der Waals surface area contributed by atoms with E-state index in [1.807, 2.05) is 6.92 Å². The zero-order valence-electron chi connectivity index (χ0n) is 11.4. The molecular formula is C12H22O6Si. The van der Waals surface area contributed by atoms with Crippen LogP contribution in [0, 0.1) is 0 Å². The second-order valence-electron chi connectivity index (χ2n) is 3.51. The molecule has 0 rings (SSSR count). The third-order valence-corrected chi connectivity index (χ3v) is 3.35. The van der Waals surface area contributed by atoms with E-state index in [0.717, 1.165) is 6.08 Å². The molecule has 0 amide bonds. The summed E-state index contributed by atoms with van der Waals surface area (Å²) in [5.41, 5.74) is 0.176. The lowest BCUT2D eigenvalue weighted by molar-refractivity contribution is -0.137. The minimum Gasteiger partial charge on any atom is -0.478 e. The molecule has 0 aromatic rings. The molecule has 0 saturated carbocycles. The van der Waals surface area contributed by atoms with Crippen molar-refractivity contribution in [1.29, 1.82) is 0 Å². The van der Waals surface area contributed by atoms with E-state index in [-0.39, 0.29) is 5.57 Å². The Hall–Kier alpha value is -1.44. The van der Waals surface area contributed by atoms with Crippen molar-refractivity contribution in [2.24, 2.45) is 0 Å². The first-order chi connectivity index (χ1) is 8.84. The van der Waals surface area contributed by atoms with Gasteiger partial charge in [-0.25, -0.2) is 9.59 Å². The highest BCUT2D eigenvalue weighted by atomic mass is 28.3. The fraction of sp³-hybridized carbons (Fsp3) is 0.500. The summed E-state index contributed by atoms with van der Waals surface area (Å²) in [6.07, 6.45) is 1.77. The van der Waals surface area contributed by atoms with Gasteiger partial charge >= 0.3 is 21.2 Å². The van der Waals surface area contributed by atoms with Crippen molar-refractivity contribution < 1.29 is 28.7 Å². The molecule has 0 saturated heterocycles. The van der Waals surface area contributed by atoms with Crippen molar-refractivity contribution >= 4 is 21.2 Å². The van der Waals surface area contributed by atoms with E-state index in [0.29, 0.717) is 25.7 Å². The van der Waals surface area contributed by atoms with Crippen LogP contribution in [0.1, 0.15) is 20.3 Å². The fourth-order valence-corrected chi connectivity index (χ4v) is 1.83. The van der Waals surface area contributed by atoms with Crippen LogP contribution in [0.15, 0.2) is 24.8 Å². The molecule has 19 heavy (non-hydrogen) atoms. The van der Waals surface area contributed by atoms with Crippen LogP contribution in [-0.4, -0.2) is 44.3 Å². The normalized spacial score (nSPS) is 10.7. The highest BCUT2D eigenvalue weighted by molar-refractivity contribution is 6.42.